The van der Waals surface area contributed by atoms with Gasteiger partial charge in [0.05, 0.1) is 6.54 Å². The van der Waals surface area contributed by atoms with Crippen molar-refractivity contribution in [3.8, 4) is 0 Å². The van der Waals surface area contributed by atoms with Crippen molar-refractivity contribution in [2.45, 2.75) is 38.5 Å². The van der Waals surface area contributed by atoms with Crippen LogP contribution in [0.4, 0.5) is 0 Å². The molecule has 1 saturated heterocycles. The van der Waals surface area contributed by atoms with E-state index in [1.165, 1.54) is 0 Å². The van der Waals surface area contributed by atoms with Crippen LogP contribution in [0.3, 0.4) is 0 Å². The minimum Gasteiger partial charge on any atom is -0.343 e. The predicted octanol–water partition coefficient (Wildman–Crippen LogP) is 0.127. The van der Waals surface area contributed by atoms with Gasteiger partial charge in [-0.15, -0.1) is 0 Å². The minimum absolute atomic E-state index is 0.0290. The number of carbonyl (C=O) groups excluding carboxylic acids is 2. The van der Waals surface area contributed by atoms with Crippen LogP contribution in [0.15, 0.2) is 0 Å². The number of nitrogens with one attached hydrogen (secondary N) is 1. The second-order valence-corrected chi connectivity index (χ2v) is 6.95. The Labute approximate surface area is 111 Å². The minimum atomic E-state index is -0.891. The highest BCUT2D eigenvalue weighted by molar-refractivity contribution is 7.84. The first-order valence-electron chi connectivity index (χ1n) is 6.23. The van der Waals surface area contributed by atoms with Gasteiger partial charge in [0.1, 0.15) is 6.04 Å². The molecule has 104 valence electrons. The topological polar surface area (TPSA) is 66.5 Å². The van der Waals surface area contributed by atoms with E-state index >= 15 is 0 Å². The average Bonchev–Trinajstić information content (AvgIpc) is 2.28. The van der Waals surface area contributed by atoms with E-state index in [1.807, 2.05) is 20.8 Å². The quantitative estimate of drug-likeness (QED) is 0.775. The van der Waals surface area contributed by atoms with Gasteiger partial charge in [0.15, 0.2) is 0 Å². The van der Waals surface area contributed by atoms with Crippen LogP contribution in [0, 0.1) is 5.92 Å². The van der Waals surface area contributed by atoms with Crippen LogP contribution in [0.25, 0.3) is 0 Å². The molecular weight excluding hydrogens is 252 g/mol. The van der Waals surface area contributed by atoms with Crippen molar-refractivity contribution < 1.29 is 13.8 Å². The molecule has 3 atom stereocenters. The summed E-state index contributed by atoms with van der Waals surface area (Å²) in [5, 5.41) is 2.76. The van der Waals surface area contributed by atoms with E-state index < -0.39 is 16.8 Å². The number of hydrogen-bond donors (Lipinski definition) is 1. The van der Waals surface area contributed by atoms with Crippen molar-refractivity contribution in [1.82, 2.24) is 10.2 Å². The van der Waals surface area contributed by atoms with Gasteiger partial charge >= 0.3 is 0 Å². The molecule has 1 fully saturated rings. The molecule has 2 amide bonds. The van der Waals surface area contributed by atoms with Gasteiger partial charge in [-0.05, 0) is 12.3 Å². The van der Waals surface area contributed by atoms with Crippen molar-refractivity contribution in [1.29, 1.82) is 0 Å². The first-order chi connectivity index (χ1) is 8.32. The number of rotatable bonds is 5. The molecule has 1 aliphatic rings. The van der Waals surface area contributed by atoms with E-state index in [0.29, 0.717) is 13.0 Å². The van der Waals surface area contributed by atoms with Crippen LogP contribution in [0.1, 0.15) is 27.2 Å². The number of carbonyl (C=O) groups is 2. The maximum absolute atomic E-state index is 12.1. The van der Waals surface area contributed by atoms with Crippen molar-refractivity contribution in [2.75, 3.05) is 19.3 Å². The van der Waals surface area contributed by atoms with E-state index in [0.717, 1.165) is 0 Å². The zero-order valence-electron chi connectivity index (χ0n) is 11.4. The summed E-state index contributed by atoms with van der Waals surface area (Å²) in [4.78, 5) is 25.3. The molecule has 6 heteroatoms. The second kappa shape index (κ2) is 6.31. The first kappa shape index (κ1) is 15.1. The maximum Gasteiger partial charge on any atom is 0.245 e. The second-order valence-electron chi connectivity index (χ2n) is 5.15. The van der Waals surface area contributed by atoms with E-state index in [1.54, 1.807) is 11.2 Å². The van der Waals surface area contributed by atoms with E-state index in [-0.39, 0.29) is 29.5 Å². The van der Waals surface area contributed by atoms with E-state index in [4.69, 9.17) is 0 Å². The van der Waals surface area contributed by atoms with Crippen molar-refractivity contribution in [2.24, 2.45) is 5.92 Å². The Balaban J connectivity index is 2.61. The molecule has 0 spiro atoms. The number of amides is 2. The molecule has 5 nitrogen and oxygen atoms in total. The molecule has 3 unspecified atom stereocenters. The molecule has 0 saturated carbocycles. The van der Waals surface area contributed by atoms with E-state index in [9.17, 15) is 13.8 Å². The fourth-order valence-electron chi connectivity index (χ4n) is 1.87. The van der Waals surface area contributed by atoms with Crippen molar-refractivity contribution in [3.63, 3.8) is 0 Å². The molecule has 0 aliphatic carbocycles. The molecule has 1 heterocycles. The zero-order valence-corrected chi connectivity index (χ0v) is 12.3. The van der Waals surface area contributed by atoms with Gasteiger partial charge in [-0.1, -0.05) is 20.8 Å². The van der Waals surface area contributed by atoms with Crippen LogP contribution in [-0.4, -0.2) is 51.6 Å². The van der Waals surface area contributed by atoms with Gasteiger partial charge < -0.3 is 10.2 Å². The monoisotopic (exact) mass is 274 g/mol. The Morgan fingerprint density at radius 1 is 1.39 bits per heavy atom. The summed E-state index contributed by atoms with van der Waals surface area (Å²) in [6.45, 7) is 6.33. The third-order valence-corrected chi connectivity index (χ3v) is 4.64. The molecule has 1 aliphatic heterocycles. The summed E-state index contributed by atoms with van der Waals surface area (Å²) >= 11 is 0. The molecular formula is C12H22N2O3S. The average molecular weight is 274 g/mol. The van der Waals surface area contributed by atoms with Gasteiger partial charge in [0, 0.05) is 28.9 Å². The Morgan fingerprint density at radius 2 is 2.00 bits per heavy atom. The summed E-state index contributed by atoms with van der Waals surface area (Å²) in [7, 11) is -0.891. The third-order valence-electron chi connectivity index (χ3n) is 3.27. The van der Waals surface area contributed by atoms with E-state index in [2.05, 4.69) is 5.32 Å². The van der Waals surface area contributed by atoms with Crippen LogP contribution >= 0.6 is 0 Å². The van der Waals surface area contributed by atoms with Gasteiger partial charge in [-0.2, -0.15) is 0 Å². The van der Waals surface area contributed by atoms with Crippen LogP contribution in [-0.2, 0) is 20.4 Å². The molecule has 1 rings (SSSR count). The van der Waals surface area contributed by atoms with Gasteiger partial charge in [0.2, 0.25) is 11.8 Å². The van der Waals surface area contributed by atoms with Gasteiger partial charge in [-0.25, -0.2) is 0 Å². The molecule has 0 aromatic heterocycles. The lowest BCUT2D eigenvalue weighted by Gasteiger charge is -2.34. The molecule has 1 N–H and O–H groups in total. The predicted molar refractivity (Wildman–Crippen MR) is 71.5 cm³/mol. The largest absolute Gasteiger partial charge is 0.343 e. The first-order valence-corrected chi connectivity index (χ1v) is 7.85. The highest BCUT2D eigenvalue weighted by Gasteiger charge is 2.34. The van der Waals surface area contributed by atoms with Crippen LogP contribution in [0.5, 0.6) is 0 Å². The smallest absolute Gasteiger partial charge is 0.245 e. The number of nitrogens with zero attached hydrogens (tertiary/aromatic N) is 1. The van der Waals surface area contributed by atoms with Crippen molar-refractivity contribution in [3.05, 3.63) is 0 Å². The Kier molecular flexibility index (Phi) is 5.31. The molecule has 0 aromatic carbocycles. The summed E-state index contributed by atoms with van der Waals surface area (Å²) < 4.78 is 11.3. The number of piperazine rings is 1. The zero-order chi connectivity index (χ0) is 13.9. The lowest BCUT2D eigenvalue weighted by atomic mass is 10.0. The fraction of sp³-hybridized carbons (Fsp3) is 0.833. The third kappa shape index (κ3) is 3.80. The summed E-state index contributed by atoms with van der Waals surface area (Å²) in [6, 6.07) is -0.423. The normalized spacial score (nSPS) is 24.1. The van der Waals surface area contributed by atoms with Gasteiger partial charge in [-0.3, -0.25) is 13.8 Å². The Morgan fingerprint density at radius 3 is 2.50 bits per heavy atom. The van der Waals surface area contributed by atoms with Gasteiger partial charge in [0.25, 0.3) is 0 Å². The fourth-order valence-corrected chi connectivity index (χ4v) is 2.31. The highest BCUT2D eigenvalue weighted by atomic mass is 32.2. The molecule has 0 radical (unpaired) electrons. The SMILES string of the molecule is CC(C)C1NC(=O)CN(CCC(C)S(C)=O)C1=O. The Hall–Kier alpha value is -0.910. The lowest BCUT2D eigenvalue weighted by Crippen LogP contribution is -2.60. The highest BCUT2D eigenvalue weighted by Crippen LogP contribution is 2.12. The maximum atomic E-state index is 12.1. The summed E-state index contributed by atoms with van der Waals surface area (Å²) in [5.41, 5.74) is 0. The summed E-state index contributed by atoms with van der Waals surface area (Å²) in [5.74, 6) is -0.0563. The lowest BCUT2D eigenvalue weighted by molar-refractivity contribution is -0.145. The standard InChI is InChI=1S/C12H22N2O3S/c1-8(2)11-12(16)14(7-10(15)13-11)6-5-9(3)18(4)17/h8-9,11H,5-7H2,1-4H3,(H,13,15). The summed E-state index contributed by atoms with van der Waals surface area (Å²) in [6.07, 6.45) is 2.32. The molecule has 0 aromatic rings. The molecule has 18 heavy (non-hydrogen) atoms. The van der Waals surface area contributed by atoms with Crippen LogP contribution in [0.2, 0.25) is 0 Å². The molecule has 0 bridgehead atoms. The Bertz CT molecular complexity index is 357. The number of hydrogen-bond acceptors (Lipinski definition) is 3. The van der Waals surface area contributed by atoms with Crippen LogP contribution < -0.4 is 5.32 Å². The van der Waals surface area contributed by atoms with Crippen molar-refractivity contribution >= 4 is 22.6 Å².